The zero-order valence-electron chi connectivity index (χ0n) is 19.0. The van der Waals surface area contributed by atoms with E-state index in [2.05, 4.69) is 0 Å². The zero-order chi connectivity index (χ0) is 25.9. The lowest BCUT2D eigenvalue weighted by Gasteiger charge is -2.45. The van der Waals surface area contributed by atoms with Crippen LogP contribution in [0.25, 0.3) is 0 Å². The summed E-state index contributed by atoms with van der Waals surface area (Å²) >= 11 is 0. The molecular weight excluding hydrogens is 460 g/mol. The highest BCUT2D eigenvalue weighted by Gasteiger charge is 2.55. The number of hydrogen-bond acceptors (Lipinski definition) is 8. The third-order valence-corrected chi connectivity index (χ3v) is 6.57. The number of nitriles is 3. The van der Waals surface area contributed by atoms with Crippen LogP contribution in [-0.4, -0.2) is 29.0 Å². The molecule has 0 aromatic heterocycles. The van der Waals surface area contributed by atoms with Gasteiger partial charge in [-0.15, -0.1) is 0 Å². The summed E-state index contributed by atoms with van der Waals surface area (Å²) < 4.78 is 5.45. The maximum absolute atomic E-state index is 12.9. The molecule has 10 nitrogen and oxygen atoms in total. The number of amides is 1. The molecule has 178 valence electrons. The summed E-state index contributed by atoms with van der Waals surface area (Å²) in [6.07, 6.45) is 1.05. The van der Waals surface area contributed by atoms with E-state index in [0.29, 0.717) is 11.1 Å². The summed E-state index contributed by atoms with van der Waals surface area (Å²) in [5.41, 5.74) is 5.53. The maximum Gasteiger partial charge on any atom is 0.410 e. The standard InChI is InChI=1S/C26H20N6O4/c27-12-21-20-9-10-31(25(33)36-14-17-5-2-1-3-6-17)13-22(20)23(26(15-28,16-29)24(21)30)18-7-4-8-19(11-18)32(34)35/h1-9,11,22-23H,10,13-14,30H2/t22-,23-/m0/s1. The van der Waals surface area contributed by atoms with Gasteiger partial charge in [-0.2, -0.15) is 15.8 Å². The van der Waals surface area contributed by atoms with Crippen LogP contribution in [0, 0.1) is 55.4 Å². The predicted molar refractivity (Wildman–Crippen MR) is 126 cm³/mol. The van der Waals surface area contributed by atoms with Gasteiger partial charge in [0, 0.05) is 37.1 Å². The van der Waals surface area contributed by atoms with Crippen molar-refractivity contribution in [2.24, 2.45) is 17.1 Å². The highest BCUT2D eigenvalue weighted by Crippen LogP contribution is 2.54. The third-order valence-electron chi connectivity index (χ3n) is 6.57. The first-order valence-corrected chi connectivity index (χ1v) is 11.0. The Hall–Kier alpha value is -5.14. The van der Waals surface area contributed by atoms with Crippen LogP contribution in [0.4, 0.5) is 10.5 Å². The Morgan fingerprint density at radius 1 is 1.17 bits per heavy atom. The summed E-state index contributed by atoms with van der Waals surface area (Å²) in [5, 5.41) is 41.6. The van der Waals surface area contributed by atoms with Gasteiger partial charge < -0.3 is 15.4 Å². The van der Waals surface area contributed by atoms with E-state index >= 15 is 0 Å². The molecule has 1 aliphatic heterocycles. The fourth-order valence-electron chi connectivity index (χ4n) is 4.85. The maximum atomic E-state index is 12.9. The van der Waals surface area contributed by atoms with Crippen molar-refractivity contribution in [3.05, 3.63) is 98.8 Å². The number of nitro benzene ring substituents is 1. The lowest BCUT2D eigenvalue weighted by atomic mass is 9.58. The van der Waals surface area contributed by atoms with Crippen LogP contribution in [0.5, 0.6) is 0 Å². The molecule has 2 aromatic rings. The molecule has 1 amide bonds. The Kier molecular flexibility index (Phi) is 6.41. The van der Waals surface area contributed by atoms with E-state index < -0.39 is 28.3 Å². The Balaban J connectivity index is 1.76. The minimum atomic E-state index is -1.97. The molecule has 4 rings (SSSR count). The summed E-state index contributed by atoms with van der Waals surface area (Å²) in [7, 11) is 0. The average Bonchev–Trinajstić information content (AvgIpc) is 2.91. The van der Waals surface area contributed by atoms with Crippen LogP contribution in [0.15, 0.2) is 77.5 Å². The number of carbonyl (C=O) groups is 1. The fraction of sp³-hybridized carbons (Fsp3) is 0.231. The first-order valence-electron chi connectivity index (χ1n) is 11.0. The fourth-order valence-corrected chi connectivity index (χ4v) is 4.85. The summed E-state index contributed by atoms with van der Waals surface area (Å²) in [4.78, 5) is 25.2. The largest absolute Gasteiger partial charge is 0.445 e. The van der Waals surface area contributed by atoms with Crippen molar-refractivity contribution in [3.63, 3.8) is 0 Å². The third kappa shape index (κ3) is 4.00. The molecule has 2 aliphatic rings. The van der Waals surface area contributed by atoms with Crippen LogP contribution in [0.3, 0.4) is 0 Å². The SMILES string of the molecule is N#CC1=C(N)C(C#N)(C#N)[C@@H](c2cccc([N+](=O)[O-])c2)[C@H]2CN(C(=O)OCc3ccccc3)CC=C12. The van der Waals surface area contributed by atoms with E-state index in [1.54, 1.807) is 12.1 Å². The smallest absolute Gasteiger partial charge is 0.410 e. The van der Waals surface area contributed by atoms with Crippen molar-refractivity contribution >= 4 is 11.8 Å². The molecular formula is C26H20N6O4. The number of carbonyl (C=O) groups excluding carboxylic acids is 1. The van der Waals surface area contributed by atoms with Crippen molar-refractivity contribution in [2.75, 3.05) is 13.1 Å². The Morgan fingerprint density at radius 2 is 1.89 bits per heavy atom. The highest BCUT2D eigenvalue weighted by molar-refractivity contribution is 5.69. The van der Waals surface area contributed by atoms with Gasteiger partial charge in [-0.25, -0.2) is 4.79 Å². The Labute approximate surface area is 206 Å². The average molecular weight is 480 g/mol. The van der Waals surface area contributed by atoms with Gasteiger partial charge in [0.2, 0.25) is 0 Å². The molecule has 1 aliphatic carbocycles. The van der Waals surface area contributed by atoms with Crippen LogP contribution in [-0.2, 0) is 11.3 Å². The van der Waals surface area contributed by atoms with E-state index in [0.717, 1.165) is 5.56 Å². The molecule has 0 spiro atoms. The van der Waals surface area contributed by atoms with E-state index in [9.17, 15) is 30.7 Å². The molecule has 2 aromatic carbocycles. The number of nitro groups is 1. The van der Waals surface area contributed by atoms with E-state index in [4.69, 9.17) is 10.5 Å². The molecule has 1 heterocycles. The molecule has 0 bridgehead atoms. The minimum absolute atomic E-state index is 0.0158. The number of benzene rings is 2. The molecule has 0 saturated heterocycles. The van der Waals surface area contributed by atoms with Gasteiger partial charge in [0.1, 0.15) is 12.7 Å². The molecule has 10 heteroatoms. The first kappa shape index (κ1) is 24.0. The topological polar surface area (TPSA) is 170 Å². The Bertz CT molecular complexity index is 1400. The second kappa shape index (κ2) is 9.61. The highest BCUT2D eigenvalue weighted by atomic mass is 16.6. The van der Waals surface area contributed by atoms with Gasteiger partial charge in [-0.1, -0.05) is 48.5 Å². The summed E-state index contributed by atoms with van der Waals surface area (Å²) in [6, 6.07) is 20.7. The molecule has 36 heavy (non-hydrogen) atoms. The number of non-ortho nitro benzene ring substituents is 1. The van der Waals surface area contributed by atoms with Crippen molar-refractivity contribution in [2.45, 2.75) is 12.5 Å². The number of fused-ring (bicyclic) bond motifs is 1. The van der Waals surface area contributed by atoms with Gasteiger partial charge >= 0.3 is 6.09 Å². The molecule has 2 atom stereocenters. The molecule has 0 unspecified atom stereocenters. The van der Waals surface area contributed by atoms with Crippen LogP contribution < -0.4 is 5.73 Å². The predicted octanol–water partition coefficient (Wildman–Crippen LogP) is 3.66. The lowest BCUT2D eigenvalue weighted by Crippen LogP contribution is -2.49. The monoisotopic (exact) mass is 480 g/mol. The number of ether oxygens (including phenoxy) is 1. The van der Waals surface area contributed by atoms with Gasteiger partial charge in [0.15, 0.2) is 5.41 Å². The van der Waals surface area contributed by atoms with Gasteiger partial charge in [0.25, 0.3) is 5.69 Å². The number of rotatable bonds is 4. The van der Waals surface area contributed by atoms with Crippen LogP contribution in [0.2, 0.25) is 0 Å². The Morgan fingerprint density at radius 3 is 2.53 bits per heavy atom. The number of allylic oxidation sites excluding steroid dienone is 2. The number of nitrogens with two attached hydrogens (primary N) is 1. The molecule has 2 N–H and O–H groups in total. The van der Waals surface area contributed by atoms with Crippen LogP contribution >= 0.6 is 0 Å². The van der Waals surface area contributed by atoms with Gasteiger partial charge in [-0.05, 0) is 16.7 Å². The number of hydrogen-bond donors (Lipinski definition) is 1. The minimum Gasteiger partial charge on any atom is -0.445 e. The number of nitrogens with zero attached hydrogens (tertiary/aromatic N) is 5. The van der Waals surface area contributed by atoms with Crippen LogP contribution in [0.1, 0.15) is 17.0 Å². The summed E-state index contributed by atoms with van der Waals surface area (Å²) in [6.45, 7) is 0.213. The normalized spacial score (nSPS) is 20.1. The van der Waals surface area contributed by atoms with Crippen molar-refractivity contribution < 1.29 is 14.5 Å². The molecule has 0 fully saturated rings. The summed E-state index contributed by atoms with van der Waals surface area (Å²) in [5.74, 6) is -1.67. The first-order chi connectivity index (χ1) is 17.4. The van der Waals surface area contributed by atoms with E-state index in [1.165, 1.54) is 23.1 Å². The second-order valence-corrected chi connectivity index (χ2v) is 8.47. The van der Waals surface area contributed by atoms with E-state index in [-0.39, 0.29) is 36.7 Å². The van der Waals surface area contributed by atoms with Gasteiger partial charge in [-0.3, -0.25) is 10.1 Å². The second-order valence-electron chi connectivity index (χ2n) is 8.47. The van der Waals surface area contributed by atoms with Crippen molar-refractivity contribution in [1.29, 1.82) is 15.8 Å². The van der Waals surface area contributed by atoms with E-state index in [1.807, 2.05) is 48.5 Å². The van der Waals surface area contributed by atoms with Crippen molar-refractivity contribution in [1.82, 2.24) is 4.90 Å². The lowest BCUT2D eigenvalue weighted by molar-refractivity contribution is -0.384. The van der Waals surface area contributed by atoms with Gasteiger partial charge in [0.05, 0.1) is 28.3 Å². The molecule has 0 radical (unpaired) electrons. The molecule has 0 saturated carbocycles. The zero-order valence-corrected chi connectivity index (χ0v) is 19.0. The quantitative estimate of drug-likeness (QED) is 0.510. The van der Waals surface area contributed by atoms with Crippen molar-refractivity contribution in [3.8, 4) is 18.2 Å².